The number of aromatic nitrogens is 3. The zero-order valence-electron chi connectivity index (χ0n) is 29.0. The highest BCUT2D eigenvalue weighted by Gasteiger charge is 2.46. The second kappa shape index (κ2) is 10.7. The van der Waals surface area contributed by atoms with Crippen LogP contribution < -0.4 is 0 Å². The SMILES string of the molecule is CC1(C)c2ccccc2-c2cc3c(-c4nc(-c5ccccc5)nc(-c5cccc6oc7ccccc7c56)n4)cc4ccccc4c3cc2C1(C)C. The largest absolute Gasteiger partial charge is 0.456 e. The molecule has 0 radical (unpaired) electrons. The van der Waals surface area contributed by atoms with Gasteiger partial charge in [-0.25, -0.2) is 15.0 Å². The summed E-state index contributed by atoms with van der Waals surface area (Å²) < 4.78 is 6.29. The van der Waals surface area contributed by atoms with Gasteiger partial charge >= 0.3 is 0 Å². The molecule has 0 spiro atoms. The average Bonchev–Trinajstić information content (AvgIpc) is 3.56. The van der Waals surface area contributed by atoms with Gasteiger partial charge in [-0.2, -0.15) is 0 Å². The van der Waals surface area contributed by atoms with Gasteiger partial charge in [-0.3, -0.25) is 0 Å². The Morgan fingerprint density at radius 3 is 1.88 bits per heavy atom. The summed E-state index contributed by atoms with van der Waals surface area (Å²) in [4.78, 5) is 15.7. The molecule has 0 amide bonds. The molecule has 0 saturated carbocycles. The second-order valence-electron chi connectivity index (χ2n) is 14.8. The predicted molar refractivity (Wildman–Crippen MR) is 210 cm³/mol. The predicted octanol–water partition coefficient (Wildman–Crippen LogP) is 12.3. The summed E-state index contributed by atoms with van der Waals surface area (Å²) in [5, 5.41) is 6.75. The molecule has 1 aliphatic carbocycles. The summed E-state index contributed by atoms with van der Waals surface area (Å²) in [6.45, 7) is 9.55. The van der Waals surface area contributed by atoms with Crippen molar-refractivity contribution < 1.29 is 4.42 Å². The monoisotopic (exact) mass is 657 g/mol. The van der Waals surface area contributed by atoms with Crippen molar-refractivity contribution in [3.8, 4) is 45.3 Å². The van der Waals surface area contributed by atoms with Gasteiger partial charge < -0.3 is 4.42 Å². The van der Waals surface area contributed by atoms with Crippen LogP contribution >= 0.6 is 0 Å². The van der Waals surface area contributed by atoms with Crippen LogP contribution in [0.2, 0.25) is 0 Å². The lowest BCUT2D eigenvalue weighted by Gasteiger charge is -2.48. The van der Waals surface area contributed by atoms with Crippen LogP contribution in [0.15, 0.2) is 144 Å². The second-order valence-corrected chi connectivity index (χ2v) is 14.8. The minimum Gasteiger partial charge on any atom is -0.456 e. The van der Waals surface area contributed by atoms with Crippen LogP contribution in [0.4, 0.5) is 0 Å². The van der Waals surface area contributed by atoms with Crippen LogP contribution in [0.5, 0.6) is 0 Å². The Morgan fingerprint density at radius 2 is 1.04 bits per heavy atom. The Balaban J connectivity index is 1.31. The zero-order valence-corrected chi connectivity index (χ0v) is 29.0. The molecule has 244 valence electrons. The van der Waals surface area contributed by atoms with E-state index in [1.165, 1.54) is 33.0 Å². The maximum absolute atomic E-state index is 6.29. The lowest BCUT2D eigenvalue weighted by molar-refractivity contribution is 0.299. The fourth-order valence-electron chi connectivity index (χ4n) is 8.30. The summed E-state index contributed by atoms with van der Waals surface area (Å²) >= 11 is 0. The molecule has 0 saturated heterocycles. The van der Waals surface area contributed by atoms with E-state index in [0.717, 1.165) is 49.4 Å². The Bertz CT molecular complexity index is 2860. The molecule has 9 aromatic rings. The topological polar surface area (TPSA) is 51.8 Å². The normalized spacial score (nSPS) is 14.6. The van der Waals surface area contributed by atoms with Crippen LogP contribution in [0.3, 0.4) is 0 Å². The van der Waals surface area contributed by atoms with E-state index in [4.69, 9.17) is 19.4 Å². The number of rotatable bonds is 3. The number of hydrogen-bond acceptors (Lipinski definition) is 4. The molecule has 2 aromatic heterocycles. The standard InChI is InChI=1S/C47H35N3O/c1-46(2)38-22-12-10-19-31(38)36-26-34-35(27-39(36)47(46,3)4)30-18-9-8-17-29(30)25-37(34)45-49-43(28-15-6-5-7-16-28)48-44(50-45)33-21-14-24-41-42(33)32-20-11-13-23-40(32)51-41/h5-27H,1-4H3. The molecule has 0 bridgehead atoms. The van der Waals surface area contributed by atoms with Crippen LogP contribution in [0, 0.1) is 0 Å². The highest BCUT2D eigenvalue weighted by Crippen LogP contribution is 2.55. The molecule has 51 heavy (non-hydrogen) atoms. The van der Waals surface area contributed by atoms with E-state index in [2.05, 4.69) is 119 Å². The number of fused-ring (bicyclic) bond motifs is 9. The number of nitrogens with zero attached hydrogens (tertiary/aromatic N) is 3. The Labute approximate surface area is 296 Å². The first-order valence-corrected chi connectivity index (χ1v) is 17.6. The molecule has 0 unspecified atom stereocenters. The molecule has 10 rings (SSSR count). The maximum atomic E-state index is 6.29. The van der Waals surface area contributed by atoms with Gasteiger partial charge in [0.2, 0.25) is 0 Å². The zero-order chi connectivity index (χ0) is 34.5. The van der Waals surface area contributed by atoms with E-state index in [-0.39, 0.29) is 10.8 Å². The van der Waals surface area contributed by atoms with E-state index in [1.807, 2.05) is 48.5 Å². The van der Waals surface area contributed by atoms with Gasteiger partial charge in [0.15, 0.2) is 17.5 Å². The lowest BCUT2D eigenvalue weighted by atomic mass is 9.55. The Kier molecular flexibility index (Phi) is 6.23. The van der Waals surface area contributed by atoms with Crippen molar-refractivity contribution in [1.82, 2.24) is 15.0 Å². The van der Waals surface area contributed by atoms with Gasteiger partial charge in [0.1, 0.15) is 11.2 Å². The molecular formula is C47H35N3O. The molecule has 0 aliphatic heterocycles. The van der Waals surface area contributed by atoms with Crippen LogP contribution in [0.1, 0.15) is 38.8 Å². The van der Waals surface area contributed by atoms with Gasteiger partial charge in [0.05, 0.1) is 0 Å². The molecular weight excluding hydrogens is 623 g/mol. The summed E-state index contributed by atoms with van der Waals surface area (Å²) in [6.07, 6.45) is 0. The van der Waals surface area contributed by atoms with E-state index < -0.39 is 0 Å². The summed E-state index contributed by atoms with van der Waals surface area (Å²) in [6, 6.07) is 49.2. The summed E-state index contributed by atoms with van der Waals surface area (Å²) in [5.74, 6) is 1.89. The molecule has 4 heteroatoms. The van der Waals surface area contributed by atoms with E-state index in [1.54, 1.807) is 0 Å². The number of benzene rings is 7. The average molecular weight is 658 g/mol. The summed E-state index contributed by atoms with van der Waals surface area (Å²) in [7, 11) is 0. The first-order valence-electron chi connectivity index (χ1n) is 17.6. The molecule has 2 heterocycles. The quantitative estimate of drug-likeness (QED) is 0.177. The van der Waals surface area contributed by atoms with Crippen LogP contribution in [-0.2, 0) is 10.8 Å². The third-order valence-corrected chi connectivity index (χ3v) is 11.7. The molecule has 1 aliphatic rings. The van der Waals surface area contributed by atoms with Crippen molar-refractivity contribution >= 4 is 43.5 Å². The fourth-order valence-corrected chi connectivity index (χ4v) is 8.30. The van der Waals surface area contributed by atoms with Gasteiger partial charge in [-0.15, -0.1) is 0 Å². The van der Waals surface area contributed by atoms with Crippen molar-refractivity contribution in [2.75, 3.05) is 0 Å². The van der Waals surface area contributed by atoms with Crippen LogP contribution in [-0.4, -0.2) is 15.0 Å². The minimum atomic E-state index is -0.116. The lowest BCUT2D eigenvalue weighted by Crippen LogP contribution is -2.43. The number of hydrogen-bond donors (Lipinski definition) is 0. The van der Waals surface area contributed by atoms with E-state index >= 15 is 0 Å². The highest BCUT2D eigenvalue weighted by molar-refractivity contribution is 6.15. The van der Waals surface area contributed by atoms with Gasteiger partial charge in [-0.05, 0) is 85.0 Å². The smallest absolute Gasteiger partial charge is 0.164 e. The molecule has 0 atom stereocenters. The highest BCUT2D eigenvalue weighted by atomic mass is 16.3. The van der Waals surface area contributed by atoms with Gasteiger partial charge in [0.25, 0.3) is 0 Å². The fraction of sp³-hybridized carbons (Fsp3) is 0.128. The maximum Gasteiger partial charge on any atom is 0.164 e. The third kappa shape index (κ3) is 4.29. The van der Waals surface area contributed by atoms with Gasteiger partial charge in [-0.1, -0.05) is 137 Å². The molecule has 7 aromatic carbocycles. The van der Waals surface area contributed by atoms with Crippen LogP contribution in [0.25, 0.3) is 88.8 Å². The van der Waals surface area contributed by atoms with Gasteiger partial charge in [0, 0.05) is 27.5 Å². The van der Waals surface area contributed by atoms with Crippen molar-refractivity contribution in [1.29, 1.82) is 0 Å². The van der Waals surface area contributed by atoms with Crippen molar-refractivity contribution in [3.05, 3.63) is 151 Å². The third-order valence-electron chi connectivity index (χ3n) is 11.7. The molecule has 4 nitrogen and oxygen atoms in total. The minimum absolute atomic E-state index is 0.0658. The molecule has 0 N–H and O–H groups in total. The number of para-hydroxylation sites is 1. The Hall–Kier alpha value is -6.13. The molecule has 0 fully saturated rings. The number of furan rings is 1. The van der Waals surface area contributed by atoms with Crippen molar-refractivity contribution in [2.45, 2.75) is 38.5 Å². The van der Waals surface area contributed by atoms with Crippen molar-refractivity contribution in [2.24, 2.45) is 0 Å². The Morgan fingerprint density at radius 1 is 0.412 bits per heavy atom. The first kappa shape index (κ1) is 29.8. The van der Waals surface area contributed by atoms with E-state index in [9.17, 15) is 0 Å². The van der Waals surface area contributed by atoms with E-state index in [0.29, 0.717) is 17.5 Å². The van der Waals surface area contributed by atoms with Crippen molar-refractivity contribution in [3.63, 3.8) is 0 Å². The first-order chi connectivity index (χ1) is 24.8. The summed E-state index contributed by atoms with van der Waals surface area (Å²) in [5.41, 5.74) is 9.60.